The molecule has 1 aliphatic carbocycles. The predicted molar refractivity (Wildman–Crippen MR) is 295 cm³/mol. The molecular formula is C59H100N4O15. The Hall–Kier alpha value is -3.50. The minimum atomic E-state index is -1.98. The van der Waals surface area contributed by atoms with Gasteiger partial charge in [0.25, 0.3) is 0 Å². The Bertz CT molecular complexity index is 2020. The van der Waals surface area contributed by atoms with Crippen molar-refractivity contribution in [3.63, 3.8) is 0 Å². The monoisotopic (exact) mass is 1100 g/mol. The molecule has 1 amide bonds. The number of esters is 2. The van der Waals surface area contributed by atoms with Gasteiger partial charge in [0.2, 0.25) is 0 Å². The number of carbonyl (C=O) groups excluding carboxylic acids is 3. The Morgan fingerprint density at radius 3 is 2.21 bits per heavy atom. The quantitative estimate of drug-likeness (QED) is 0.0363. The molecule has 1 aromatic carbocycles. The summed E-state index contributed by atoms with van der Waals surface area (Å²) in [5.41, 5.74) is 2.42. The number of aliphatic hydroxyl groups is 3. The first-order valence-corrected chi connectivity index (χ1v) is 29.1. The van der Waals surface area contributed by atoms with E-state index in [9.17, 15) is 29.7 Å². The van der Waals surface area contributed by atoms with Gasteiger partial charge >= 0.3 is 18.0 Å². The number of hydrazine groups is 1. The van der Waals surface area contributed by atoms with Crippen molar-refractivity contribution in [3.05, 3.63) is 35.9 Å². The molecule has 4 aliphatic rings. The summed E-state index contributed by atoms with van der Waals surface area (Å²) in [6.45, 7) is 19.5. The summed E-state index contributed by atoms with van der Waals surface area (Å²) >= 11 is 0. The lowest BCUT2D eigenvalue weighted by Crippen LogP contribution is -2.62. The molecule has 19 nitrogen and oxygen atoms in total. The van der Waals surface area contributed by atoms with Gasteiger partial charge in [-0.3, -0.25) is 15.0 Å². The Kier molecular flexibility index (Phi) is 25.1. The molecule has 5 N–H and O–H groups in total. The lowest BCUT2D eigenvalue weighted by Gasteiger charge is -2.49. The Morgan fingerprint density at radius 1 is 0.872 bits per heavy atom. The van der Waals surface area contributed by atoms with Crippen molar-refractivity contribution >= 4 is 23.7 Å². The average molecular weight is 1110 g/mol. The third-order valence-electron chi connectivity index (χ3n) is 17.1. The first-order chi connectivity index (χ1) is 36.8. The normalized spacial score (nSPS) is 38.3. The molecule has 18 atom stereocenters. The maximum absolute atomic E-state index is 14.8. The molecular weight excluding hydrogens is 1000 g/mol. The minimum Gasteiger partial charge on any atom is -0.459 e. The van der Waals surface area contributed by atoms with E-state index in [0.29, 0.717) is 31.2 Å². The van der Waals surface area contributed by atoms with Crippen molar-refractivity contribution in [3.8, 4) is 0 Å². The zero-order valence-electron chi connectivity index (χ0n) is 49.6. The van der Waals surface area contributed by atoms with Crippen LogP contribution in [0.5, 0.6) is 0 Å². The fourth-order valence-electron chi connectivity index (χ4n) is 12.6. The summed E-state index contributed by atoms with van der Waals surface area (Å²) in [7, 11) is 5.29. The summed E-state index contributed by atoms with van der Waals surface area (Å²) in [6, 6.07) is 9.81. The van der Waals surface area contributed by atoms with Gasteiger partial charge in [-0.1, -0.05) is 95.3 Å². The number of methoxy groups -OCH3 is 1. The second-order valence-corrected chi connectivity index (χ2v) is 24.0. The molecule has 0 bridgehead atoms. The molecule has 3 saturated heterocycles. The van der Waals surface area contributed by atoms with Gasteiger partial charge in [-0.15, -0.1) is 0 Å². The number of hydrogen-bond acceptors (Lipinski definition) is 18. The highest BCUT2D eigenvalue weighted by atomic mass is 16.7. The average Bonchev–Trinajstić information content (AvgIpc) is 3.46. The van der Waals surface area contributed by atoms with Crippen LogP contribution in [0.25, 0.3) is 0 Å². The molecule has 1 unspecified atom stereocenters. The van der Waals surface area contributed by atoms with Crippen LogP contribution in [0.15, 0.2) is 35.5 Å². The molecule has 3 aliphatic heterocycles. The van der Waals surface area contributed by atoms with Gasteiger partial charge in [-0.2, -0.15) is 0 Å². The Labute approximate surface area is 465 Å². The number of hydrogen-bond donors (Lipinski definition) is 5. The zero-order valence-corrected chi connectivity index (χ0v) is 49.6. The van der Waals surface area contributed by atoms with Crippen molar-refractivity contribution in [2.75, 3.05) is 34.4 Å². The highest BCUT2D eigenvalue weighted by Gasteiger charge is 2.55. The van der Waals surface area contributed by atoms with E-state index in [1.165, 1.54) is 58.6 Å². The van der Waals surface area contributed by atoms with E-state index in [-0.39, 0.29) is 19.3 Å². The summed E-state index contributed by atoms with van der Waals surface area (Å²) < 4.78 is 51.4. The number of ether oxygens (including phenoxy) is 8. The van der Waals surface area contributed by atoms with E-state index in [2.05, 4.69) is 23.0 Å². The number of aliphatic hydroxyl groups excluding tert-OH is 1. The maximum Gasteiger partial charge on any atom is 0.422 e. The third kappa shape index (κ3) is 17.8. The van der Waals surface area contributed by atoms with Crippen LogP contribution in [-0.4, -0.2) is 163 Å². The second kappa shape index (κ2) is 30.0. The minimum absolute atomic E-state index is 0.0312. The summed E-state index contributed by atoms with van der Waals surface area (Å²) in [5, 5.41) is 42.6. The standard InChI is InChI=1S/C59H100N4O15/c1-15-46-59(11,69)51(65)38(4)48(62-71-32-24-30-44-27-20-17-21-28-44)36(2)34-57(9,68)52(39(5)49(40(6)54(66)75-46)76-47-35-58(10,70-14)53(41(7)73-47)74-42(8)64)78-55-50(45(63(12)13)33-37(3)72-55)77-56(67)61-60-31-23-22-29-43-25-18-16-19-26-43/h16,18-19,25-26,36-41,44-47,49-53,55,60,65,68-69H,15,17,20-24,27-35H2,1-14H3,(H,61,67)/b62-48+/t36-,37-,38+,39+,40-,41+,45+,46-,47+,49+,50-,51-,52-,53+,55+,57?,58-,59-/m1/s1. The van der Waals surface area contributed by atoms with Gasteiger partial charge < -0.3 is 63.0 Å². The van der Waals surface area contributed by atoms with E-state index in [1.807, 2.05) is 51.0 Å². The number of likely N-dealkylation sites (N-methyl/N-ethyl adjacent to an activating group) is 1. The second-order valence-electron chi connectivity index (χ2n) is 24.0. The Balaban J connectivity index is 1.55. The molecule has 3 heterocycles. The molecule has 78 heavy (non-hydrogen) atoms. The van der Waals surface area contributed by atoms with Crippen LogP contribution >= 0.6 is 0 Å². The van der Waals surface area contributed by atoms with Crippen molar-refractivity contribution in [1.82, 2.24) is 15.8 Å². The summed E-state index contributed by atoms with van der Waals surface area (Å²) in [6.07, 6.45) is 0.0869. The van der Waals surface area contributed by atoms with Gasteiger partial charge in [0.15, 0.2) is 24.8 Å². The molecule has 5 rings (SSSR count). The number of oxime groups is 1. The number of nitrogens with zero attached hydrogens (tertiary/aromatic N) is 2. The number of amides is 1. The van der Waals surface area contributed by atoms with Crippen molar-refractivity contribution in [2.24, 2.45) is 34.7 Å². The fraction of sp³-hybridized carbons (Fsp3) is 0.831. The van der Waals surface area contributed by atoms with Crippen LogP contribution in [0, 0.1) is 29.6 Å². The summed E-state index contributed by atoms with van der Waals surface area (Å²) in [4.78, 5) is 48.9. The maximum atomic E-state index is 14.8. The van der Waals surface area contributed by atoms with Crippen LogP contribution in [0.1, 0.15) is 165 Å². The largest absolute Gasteiger partial charge is 0.459 e. The van der Waals surface area contributed by atoms with Crippen LogP contribution in [0.3, 0.4) is 0 Å². The predicted octanol–water partition coefficient (Wildman–Crippen LogP) is 7.78. The third-order valence-corrected chi connectivity index (χ3v) is 17.1. The molecule has 1 saturated carbocycles. The van der Waals surface area contributed by atoms with E-state index in [0.717, 1.165) is 32.1 Å². The van der Waals surface area contributed by atoms with E-state index in [4.69, 9.17) is 47.9 Å². The SMILES string of the molecule is CC[C@H]1OC(=O)[C@H](C)[C@@H](O[C@H]2C[C@@](C)(OC)[C@@H](OC(C)=O)[C@H](C)O2)[C@H](C)[C@@H](O[C@@H]2O[C@H](C)C[C@H](N(C)C)[C@H]2OC(=O)NNCCCCc2ccccc2)C(C)(O)C[C@@H](C)/C(=N\OCCCC2CCCCC2)[C@H](C)[C@@H](O)[C@]1(C)O. The molecule has 0 spiro atoms. The molecule has 4 fully saturated rings. The smallest absolute Gasteiger partial charge is 0.422 e. The first-order valence-electron chi connectivity index (χ1n) is 29.1. The van der Waals surface area contributed by atoms with E-state index >= 15 is 0 Å². The van der Waals surface area contributed by atoms with Crippen molar-refractivity contribution in [1.29, 1.82) is 0 Å². The highest BCUT2D eigenvalue weighted by molar-refractivity contribution is 5.88. The molecule has 19 heteroatoms. The van der Waals surface area contributed by atoms with E-state index < -0.39 is 126 Å². The van der Waals surface area contributed by atoms with Crippen LogP contribution in [-0.2, 0) is 58.7 Å². The van der Waals surface area contributed by atoms with Crippen LogP contribution < -0.4 is 10.9 Å². The van der Waals surface area contributed by atoms with Gasteiger partial charge in [0.1, 0.15) is 23.9 Å². The molecule has 446 valence electrons. The summed E-state index contributed by atoms with van der Waals surface area (Å²) in [5.74, 6) is -4.12. The number of carbonyl (C=O) groups is 3. The Morgan fingerprint density at radius 2 is 1.56 bits per heavy atom. The number of cyclic esters (lactones) is 1. The molecule has 1 aromatic rings. The highest BCUT2D eigenvalue weighted by Crippen LogP contribution is 2.42. The van der Waals surface area contributed by atoms with E-state index in [1.54, 1.807) is 48.5 Å². The molecule has 0 radical (unpaired) electrons. The fourth-order valence-corrected chi connectivity index (χ4v) is 12.6. The number of aryl methyl sites for hydroxylation is 1. The number of rotatable bonds is 20. The van der Waals surface area contributed by atoms with Gasteiger partial charge in [0, 0.05) is 44.8 Å². The lowest BCUT2D eigenvalue weighted by molar-refractivity contribution is -0.318. The zero-order chi connectivity index (χ0) is 57.5. The topological polar surface area (TPSA) is 235 Å². The van der Waals surface area contributed by atoms with Crippen molar-refractivity contribution < 1.29 is 72.4 Å². The van der Waals surface area contributed by atoms with Crippen LogP contribution in [0.2, 0.25) is 0 Å². The van der Waals surface area contributed by atoms with Gasteiger partial charge in [0.05, 0.1) is 53.8 Å². The van der Waals surface area contributed by atoms with Gasteiger partial charge in [-0.05, 0) is 118 Å². The van der Waals surface area contributed by atoms with Crippen molar-refractivity contribution in [2.45, 2.75) is 250 Å². The number of unbranched alkanes of at least 4 members (excludes halogenated alkanes) is 1. The number of nitrogens with one attached hydrogen (secondary N) is 2. The first kappa shape index (κ1) is 65.3. The van der Waals surface area contributed by atoms with Gasteiger partial charge in [-0.25, -0.2) is 10.2 Å². The molecule has 0 aromatic heterocycles. The lowest BCUT2D eigenvalue weighted by atomic mass is 9.73. The number of benzene rings is 1. The van der Waals surface area contributed by atoms with Crippen LogP contribution in [0.4, 0.5) is 4.79 Å².